The lowest BCUT2D eigenvalue weighted by atomic mass is 10.1. The molecule has 0 unspecified atom stereocenters. The Morgan fingerprint density at radius 3 is 2.65 bits per heavy atom. The molecule has 7 heteroatoms. The zero-order valence-corrected chi connectivity index (χ0v) is 13.6. The van der Waals surface area contributed by atoms with Crippen molar-refractivity contribution in [2.75, 3.05) is 5.32 Å². The fraction of sp³-hybridized carbons (Fsp3) is 0.0625. The summed E-state index contributed by atoms with van der Waals surface area (Å²) in [6.07, 6.45) is 2.76. The molecular weight excluding hydrogens is 339 g/mol. The predicted molar refractivity (Wildman–Crippen MR) is 92.0 cm³/mol. The van der Waals surface area contributed by atoms with Crippen LogP contribution in [-0.4, -0.2) is 10.8 Å². The van der Waals surface area contributed by atoms with Gasteiger partial charge in [0, 0.05) is 22.9 Å². The van der Waals surface area contributed by atoms with E-state index < -0.39 is 4.92 Å². The number of nitrogens with zero attached hydrogens (tertiary/aromatic N) is 1. The summed E-state index contributed by atoms with van der Waals surface area (Å²) in [6, 6.07) is 9.51. The molecule has 0 aliphatic carbocycles. The molecule has 0 fully saturated rings. The van der Waals surface area contributed by atoms with E-state index in [1.54, 1.807) is 31.2 Å². The Balaban J connectivity index is 2.14. The van der Waals surface area contributed by atoms with E-state index in [9.17, 15) is 14.9 Å². The number of nitrogens with one attached hydrogen (secondary N) is 1. The molecule has 1 amide bonds. The van der Waals surface area contributed by atoms with Gasteiger partial charge >= 0.3 is 0 Å². The Kier molecular flexibility index (Phi) is 5.36. The lowest BCUT2D eigenvalue weighted by Gasteiger charge is -2.07. The fourth-order valence-electron chi connectivity index (χ4n) is 1.86. The molecule has 0 radical (unpaired) electrons. The Morgan fingerprint density at radius 1 is 1.22 bits per heavy atom. The Morgan fingerprint density at radius 2 is 1.96 bits per heavy atom. The van der Waals surface area contributed by atoms with Crippen molar-refractivity contribution in [2.45, 2.75) is 6.92 Å². The molecule has 23 heavy (non-hydrogen) atoms. The number of halogens is 2. The van der Waals surface area contributed by atoms with Gasteiger partial charge < -0.3 is 5.32 Å². The fourth-order valence-corrected chi connectivity index (χ4v) is 2.22. The van der Waals surface area contributed by atoms with Gasteiger partial charge in [-0.05, 0) is 42.3 Å². The first-order chi connectivity index (χ1) is 10.9. The van der Waals surface area contributed by atoms with E-state index in [1.165, 1.54) is 24.3 Å². The summed E-state index contributed by atoms with van der Waals surface area (Å²) in [6.45, 7) is 1.80. The SMILES string of the molecule is Cc1c(Cl)cccc1NC(=O)/C=C/c1ccc(Cl)c([N+](=O)[O-])c1. The summed E-state index contributed by atoms with van der Waals surface area (Å²) in [7, 11) is 0. The molecule has 0 heterocycles. The largest absolute Gasteiger partial charge is 0.322 e. The number of rotatable bonds is 4. The lowest BCUT2D eigenvalue weighted by molar-refractivity contribution is -0.384. The van der Waals surface area contributed by atoms with Crippen molar-refractivity contribution < 1.29 is 9.72 Å². The summed E-state index contributed by atoms with van der Waals surface area (Å²) < 4.78 is 0. The first-order valence-electron chi connectivity index (χ1n) is 6.56. The van der Waals surface area contributed by atoms with Crippen LogP contribution in [-0.2, 0) is 4.79 Å². The van der Waals surface area contributed by atoms with Crippen molar-refractivity contribution in [3.05, 3.63) is 73.8 Å². The molecule has 5 nitrogen and oxygen atoms in total. The van der Waals surface area contributed by atoms with Crippen LogP contribution in [0.3, 0.4) is 0 Å². The van der Waals surface area contributed by atoms with Crippen LogP contribution < -0.4 is 5.32 Å². The van der Waals surface area contributed by atoms with Gasteiger partial charge in [0.15, 0.2) is 0 Å². The average molecular weight is 351 g/mol. The van der Waals surface area contributed by atoms with Crippen molar-refractivity contribution in [1.82, 2.24) is 0 Å². The van der Waals surface area contributed by atoms with Crippen LogP contribution in [0.5, 0.6) is 0 Å². The molecule has 118 valence electrons. The minimum Gasteiger partial charge on any atom is -0.322 e. The second kappa shape index (κ2) is 7.26. The summed E-state index contributed by atoms with van der Waals surface area (Å²) >= 11 is 11.7. The van der Waals surface area contributed by atoms with Gasteiger partial charge in [0.05, 0.1) is 4.92 Å². The number of nitro benzene ring substituents is 1. The number of nitro groups is 1. The quantitative estimate of drug-likeness (QED) is 0.486. The van der Waals surface area contributed by atoms with Crippen molar-refractivity contribution >= 4 is 46.6 Å². The van der Waals surface area contributed by atoms with Crippen molar-refractivity contribution in [3.63, 3.8) is 0 Å². The molecule has 0 saturated heterocycles. The smallest absolute Gasteiger partial charge is 0.288 e. The van der Waals surface area contributed by atoms with Gasteiger partial charge in [-0.3, -0.25) is 14.9 Å². The molecule has 2 aromatic rings. The van der Waals surface area contributed by atoms with Crippen LogP contribution in [0.25, 0.3) is 6.08 Å². The Bertz CT molecular complexity index is 804. The molecule has 0 atom stereocenters. The van der Waals surface area contributed by atoms with Crippen LogP contribution in [0.1, 0.15) is 11.1 Å². The van der Waals surface area contributed by atoms with E-state index in [-0.39, 0.29) is 16.6 Å². The second-order valence-electron chi connectivity index (χ2n) is 4.70. The third-order valence-electron chi connectivity index (χ3n) is 3.12. The Hall–Kier alpha value is -2.37. The molecule has 2 aromatic carbocycles. The van der Waals surface area contributed by atoms with Crippen LogP contribution in [0, 0.1) is 17.0 Å². The van der Waals surface area contributed by atoms with Crippen LogP contribution >= 0.6 is 23.2 Å². The minimum absolute atomic E-state index is 0.0474. The van der Waals surface area contributed by atoms with Crippen LogP contribution in [0.2, 0.25) is 10.0 Å². The zero-order valence-electron chi connectivity index (χ0n) is 12.0. The first kappa shape index (κ1) is 17.0. The molecule has 0 bridgehead atoms. The predicted octanol–water partition coefficient (Wildman–Crippen LogP) is 4.86. The van der Waals surface area contributed by atoms with Crippen LogP contribution in [0.15, 0.2) is 42.5 Å². The van der Waals surface area contributed by atoms with Gasteiger partial charge in [-0.2, -0.15) is 0 Å². The zero-order chi connectivity index (χ0) is 17.0. The number of benzene rings is 2. The Labute approximate surface area is 142 Å². The third-order valence-corrected chi connectivity index (χ3v) is 3.85. The molecule has 0 saturated carbocycles. The number of hydrogen-bond donors (Lipinski definition) is 1. The lowest BCUT2D eigenvalue weighted by Crippen LogP contribution is -2.08. The highest BCUT2D eigenvalue weighted by Gasteiger charge is 2.11. The molecular formula is C16H12Cl2N2O3. The van der Waals surface area contributed by atoms with E-state index in [4.69, 9.17) is 23.2 Å². The van der Waals surface area contributed by atoms with Gasteiger partial charge in [-0.15, -0.1) is 0 Å². The van der Waals surface area contributed by atoms with Gasteiger partial charge in [-0.1, -0.05) is 35.3 Å². The third kappa shape index (κ3) is 4.31. The standard InChI is InChI=1S/C16H12Cl2N2O3/c1-10-12(17)3-2-4-14(10)19-16(21)8-6-11-5-7-13(18)15(9-11)20(22)23/h2-9H,1H3,(H,19,21)/b8-6+. The summed E-state index contributed by atoms with van der Waals surface area (Å²) in [5.41, 5.74) is 1.66. The maximum Gasteiger partial charge on any atom is 0.288 e. The molecule has 0 aromatic heterocycles. The highest BCUT2D eigenvalue weighted by atomic mass is 35.5. The number of carbonyl (C=O) groups is 1. The highest BCUT2D eigenvalue weighted by Crippen LogP contribution is 2.26. The molecule has 0 aliphatic rings. The van der Waals surface area contributed by atoms with Crippen LogP contribution in [0.4, 0.5) is 11.4 Å². The van der Waals surface area contributed by atoms with Gasteiger partial charge in [0.1, 0.15) is 5.02 Å². The van der Waals surface area contributed by atoms with E-state index >= 15 is 0 Å². The second-order valence-corrected chi connectivity index (χ2v) is 5.52. The minimum atomic E-state index is -0.574. The van der Waals surface area contributed by atoms with Gasteiger partial charge in [0.25, 0.3) is 5.69 Å². The van der Waals surface area contributed by atoms with Crippen molar-refractivity contribution in [3.8, 4) is 0 Å². The van der Waals surface area contributed by atoms with E-state index in [0.29, 0.717) is 16.3 Å². The summed E-state index contributed by atoms with van der Waals surface area (Å²) in [5, 5.41) is 14.1. The topological polar surface area (TPSA) is 72.2 Å². The van der Waals surface area contributed by atoms with E-state index in [0.717, 1.165) is 5.56 Å². The maximum atomic E-state index is 11.9. The molecule has 2 rings (SSSR count). The van der Waals surface area contributed by atoms with Gasteiger partial charge in [-0.25, -0.2) is 0 Å². The van der Waals surface area contributed by atoms with Crippen molar-refractivity contribution in [1.29, 1.82) is 0 Å². The van der Waals surface area contributed by atoms with E-state index in [2.05, 4.69) is 5.32 Å². The molecule has 1 N–H and O–H groups in total. The van der Waals surface area contributed by atoms with E-state index in [1.807, 2.05) is 0 Å². The summed E-state index contributed by atoms with van der Waals surface area (Å²) in [5.74, 6) is -0.368. The first-order valence-corrected chi connectivity index (χ1v) is 7.32. The monoisotopic (exact) mass is 350 g/mol. The van der Waals surface area contributed by atoms with Crippen molar-refractivity contribution in [2.24, 2.45) is 0 Å². The summed E-state index contributed by atoms with van der Waals surface area (Å²) in [4.78, 5) is 22.2. The number of hydrogen-bond acceptors (Lipinski definition) is 3. The maximum absolute atomic E-state index is 11.9. The van der Waals surface area contributed by atoms with Gasteiger partial charge in [0.2, 0.25) is 5.91 Å². The highest BCUT2D eigenvalue weighted by molar-refractivity contribution is 6.32. The number of amides is 1. The average Bonchev–Trinajstić information content (AvgIpc) is 2.51. The normalized spacial score (nSPS) is 10.7. The molecule has 0 aliphatic heterocycles. The number of carbonyl (C=O) groups excluding carboxylic acids is 1. The molecule has 0 spiro atoms. The number of anilines is 1.